The van der Waals surface area contributed by atoms with Crippen LogP contribution >= 0.6 is 0 Å². The van der Waals surface area contributed by atoms with Crippen molar-refractivity contribution in [3.05, 3.63) is 35.4 Å². The van der Waals surface area contributed by atoms with Crippen molar-refractivity contribution in [1.29, 1.82) is 0 Å². The molecule has 106 valence electrons. The van der Waals surface area contributed by atoms with Crippen molar-refractivity contribution in [3.8, 4) is 0 Å². The number of ether oxygens (including phenoxy) is 2. The van der Waals surface area contributed by atoms with Gasteiger partial charge in [-0.3, -0.25) is 14.5 Å². The minimum absolute atomic E-state index is 0.131. The van der Waals surface area contributed by atoms with Crippen LogP contribution in [0.25, 0.3) is 0 Å². The van der Waals surface area contributed by atoms with Crippen LogP contribution in [0.2, 0.25) is 0 Å². The molecule has 2 heterocycles. The molecular formula is C15H17NO4. The van der Waals surface area contributed by atoms with Gasteiger partial charge in [-0.15, -0.1) is 0 Å². The minimum Gasteiger partial charge on any atom is -0.353 e. The summed E-state index contributed by atoms with van der Waals surface area (Å²) in [6.45, 7) is 2.82. The Bertz CT molecular complexity index is 507. The SMILES string of the molecule is CCOC1CCC(CN2C(=O)c3ccccc3C2=O)O1. The van der Waals surface area contributed by atoms with Crippen LogP contribution in [0, 0.1) is 0 Å². The Balaban J connectivity index is 1.68. The lowest BCUT2D eigenvalue weighted by molar-refractivity contribution is -0.131. The van der Waals surface area contributed by atoms with Crippen molar-refractivity contribution in [1.82, 2.24) is 4.90 Å². The minimum atomic E-state index is -0.228. The van der Waals surface area contributed by atoms with Crippen LogP contribution in [0.15, 0.2) is 24.3 Å². The average molecular weight is 275 g/mol. The van der Waals surface area contributed by atoms with Gasteiger partial charge >= 0.3 is 0 Å². The second-order valence-corrected chi connectivity index (χ2v) is 4.99. The number of carbonyl (C=O) groups is 2. The van der Waals surface area contributed by atoms with Crippen LogP contribution in [-0.2, 0) is 9.47 Å². The predicted molar refractivity (Wildman–Crippen MR) is 71.3 cm³/mol. The van der Waals surface area contributed by atoms with E-state index in [1.54, 1.807) is 24.3 Å². The summed E-state index contributed by atoms with van der Waals surface area (Å²) in [6.07, 6.45) is 1.27. The van der Waals surface area contributed by atoms with Gasteiger partial charge in [0.05, 0.1) is 23.8 Å². The van der Waals surface area contributed by atoms with E-state index in [0.29, 0.717) is 24.3 Å². The number of benzene rings is 1. The van der Waals surface area contributed by atoms with Crippen LogP contribution in [0.4, 0.5) is 0 Å². The third-order valence-electron chi connectivity index (χ3n) is 3.69. The van der Waals surface area contributed by atoms with E-state index in [1.165, 1.54) is 4.90 Å². The maximum Gasteiger partial charge on any atom is 0.261 e. The molecule has 1 fully saturated rings. The molecule has 3 rings (SSSR count). The summed E-state index contributed by atoms with van der Waals surface area (Å²) in [5.41, 5.74) is 0.966. The number of imide groups is 1. The zero-order valence-electron chi connectivity index (χ0n) is 11.4. The third kappa shape index (κ3) is 2.23. The topological polar surface area (TPSA) is 55.8 Å². The first kappa shape index (κ1) is 13.3. The number of carbonyl (C=O) groups excluding carboxylic acids is 2. The number of amides is 2. The van der Waals surface area contributed by atoms with E-state index < -0.39 is 0 Å². The second-order valence-electron chi connectivity index (χ2n) is 4.99. The van der Waals surface area contributed by atoms with Gasteiger partial charge in [-0.05, 0) is 25.5 Å². The molecular weight excluding hydrogens is 258 g/mol. The quantitative estimate of drug-likeness (QED) is 0.787. The van der Waals surface area contributed by atoms with E-state index in [2.05, 4.69) is 0 Å². The summed E-state index contributed by atoms with van der Waals surface area (Å²) in [4.78, 5) is 25.7. The summed E-state index contributed by atoms with van der Waals surface area (Å²) < 4.78 is 11.1. The Hall–Kier alpha value is -1.72. The molecule has 0 aromatic heterocycles. The summed E-state index contributed by atoms with van der Waals surface area (Å²) >= 11 is 0. The molecule has 0 N–H and O–H groups in total. The molecule has 2 atom stereocenters. The largest absolute Gasteiger partial charge is 0.353 e. The first-order chi connectivity index (χ1) is 9.70. The molecule has 2 amide bonds. The highest BCUT2D eigenvalue weighted by Crippen LogP contribution is 2.26. The summed E-state index contributed by atoms with van der Waals surface area (Å²) in [5, 5.41) is 0. The number of fused-ring (bicyclic) bond motifs is 1. The fourth-order valence-corrected chi connectivity index (χ4v) is 2.72. The van der Waals surface area contributed by atoms with Crippen molar-refractivity contribution >= 4 is 11.8 Å². The molecule has 2 aliphatic heterocycles. The zero-order chi connectivity index (χ0) is 14.1. The highest BCUT2D eigenvalue weighted by molar-refractivity contribution is 6.21. The van der Waals surface area contributed by atoms with Crippen LogP contribution in [0.1, 0.15) is 40.5 Å². The third-order valence-corrected chi connectivity index (χ3v) is 3.69. The van der Waals surface area contributed by atoms with Crippen LogP contribution in [0.5, 0.6) is 0 Å². The Morgan fingerprint density at radius 1 is 1.20 bits per heavy atom. The van der Waals surface area contributed by atoms with Crippen LogP contribution < -0.4 is 0 Å². The van der Waals surface area contributed by atoms with Gasteiger partial charge in [0.2, 0.25) is 0 Å². The van der Waals surface area contributed by atoms with Gasteiger partial charge < -0.3 is 9.47 Å². The normalized spacial score (nSPS) is 25.4. The monoisotopic (exact) mass is 275 g/mol. The summed E-state index contributed by atoms with van der Waals surface area (Å²) in [5.74, 6) is -0.455. The van der Waals surface area contributed by atoms with Gasteiger partial charge in [0.25, 0.3) is 11.8 Å². The highest BCUT2D eigenvalue weighted by atomic mass is 16.7. The van der Waals surface area contributed by atoms with E-state index >= 15 is 0 Å². The van der Waals surface area contributed by atoms with Crippen molar-refractivity contribution in [2.24, 2.45) is 0 Å². The lowest BCUT2D eigenvalue weighted by Gasteiger charge is -2.19. The molecule has 5 heteroatoms. The number of hydrogen-bond donors (Lipinski definition) is 0. The van der Waals surface area contributed by atoms with Gasteiger partial charge in [0.15, 0.2) is 6.29 Å². The fourth-order valence-electron chi connectivity index (χ4n) is 2.72. The molecule has 0 spiro atoms. The molecule has 1 aromatic carbocycles. The second kappa shape index (κ2) is 5.34. The molecule has 1 saturated heterocycles. The Kier molecular flexibility index (Phi) is 3.54. The Morgan fingerprint density at radius 2 is 1.85 bits per heavy atom. The lowest BCUT2D eigenvalue weighted by atomic mass is 10.1. The van der Waals surface area contributed by atoms with E-state index in [9.17, 15) is 9.59 Å². The number of nitrogens with zero attached hydrogens (tertiary/aromatic N) is 1. The van der Waals surface area contributed by atoms with Gasteiger partial charge in [0, 0.05) is 13.0 Å². The summed E-state index contributed by atoms with van der Waals surface area (Å²) in [6, 6.07) is 6.91. The van der Waals surface area contributed by atoms with Gasteiger partial charge in [-0.1, -0.05) is 12.1 Å². The maximum atomic E-state index is 12.2. The molecule has 0 aliphatic carbocycles. The van der Waals surface area contributed by atoms with Crippen molar-refractivity contribution < 1.29 is 19.1 Å². The zero-order valence-corrected chi connectivity index (χ0v) is 11.4. The fraction of sp³-hybridized carbons (Fsp3) is 0.467. The van der Waals surface area contributed by atoms with E-state index in [4.69, 9.17) is 9.47 Å². The van der Waals surface area contributed by atoms with Crippen molar-refractivity contribution in [2.75, 3.05) is 13.2 Å². The van der Waals surface area contributed by atoms with Gasteiger partial charge in [0.1, 0.15) is 0 Å². The summed E-state index contributed by atoms with van der Waals surface area (Å²) in [7, 11) is 0. The van der Waals surface area contributed by atoms with Gasteiger partial charge in [-0.2, -0.15) is 0 Å². The molecule has 1 aromatic rings. The molecule has 2 aliphatic rings. The standard InChI is InChI=1S/C15H17NO4/c1-2-19-13-8-7-10(20-13)9-16-14(17)11-5-3-4-6-12(11)15(16)18/h3-6,10,13H,2,7-9H2,1H3. The van der Waals surface area contributed by atoms with Crippen LogP contribution in [0.3, 0.4) is 0 Å². The Labute approximate surface area is 117 Å². The molecule has 0 bridgehead atoms. The molecule has 2 unspecified atom stereocenters. The molecule has 20 heavy (non-hydrogen) atoms. The van der Waals surface area contributed by atoms with E-state index in [-0.39, 0.29) is 24.2 Å². The van der Waals surface area contributed by atoms with Crippen molar-refractivity contribution in [3.63, 3.8) is 0 Å². The smallest absolute Gasteiger partial charge is 0.261 e. The number of hydrogen-bond acceptors (Lipinski definition) is 4. The van der Waals surface area contributed by atoms with Crippen LogP contribution in [-0.4, -0.2) is 42.3 Å². The van der Waals surface area contributed by atoms with E-state index in [1.807, 2.05) is 6.92 Å². The lowest BCUT2D eigenvalue weighted by Crippen LogP contribution is -2.37. The maximum absolute atomic E-state index is 12.2. The molecule has 5 nitrogen and oxygen atoms in total. The highest BCUT2D eigenvalue weighted by Gasteiger charge is 2.38. The van der Waals surface area contributed by atoms with E-state index in [0.717, 1.165) is 12.8 Å². The molecule has 0 saturated carbocycles. The average Bonchev–Trinajstić information content (AvgIpc) is 2.99. The van der Waals surface area contributed by atoms with Crippen molar-refractivity contribution in [2.45, 2.75) is 32.2 Å². The van der Waals surface area contributed by atoms with Gasteiger partial charge in [-0.25, -0.2) is 0 Å². The first-order valence-electron chi connectivity index (χ1n) is 6.93. The number of rotatable bonds is 4. The Morgan fingerprint density at radius 3 is 2.45 bits per heavy atom. The molecule has 0 radical (unpaired) electrons. The first-order valence-corrected chi connectivity index (χ1v) is 6.93. The predicted octanol–water partition coefficient (Wildman–Crippen LogP) is 1.82.